The number of aliphatic hydroxyl groups excluding tert-OH is 1. The van der Waals surface area contributed by atoms with E-state index in [1.807, 2.05) is 0 Å². The summed E-state index contributed by atoms with van der Waals surface area (Å²) < 4.78 is 0. The summed E-state index contributed by atoms with van der Waals surface area (Å²) in [5, 5.41) is 37.3. The number of carboxylic acid groups (broad SMARTS) is 3. The van der Waals surface area contributed by atoms with Gasteiger partial charge in [-0.3, -0.25) is 0 Å². The van der Waals surface area contributed by atoms with Gasteiger partial charge in [0.2, 0.25) is 0 Å². The summed E-state index contributed by atoms with van der Waals surface area (Å²) >= 11 is 0. The smallest absolute Gasteiger partial charge is 0.545 e. The number of carbonyl (C=O) groups excluding carboxylic acids is 2. The topological polar surface area (TPSA) is 195 Å². The Morgan fingerprint density at radius 2 is 1.15 bits per heavy atom. The molecule has 0 amide bonds. The number of unbranched alkanes of at least 4 members (excludes halogenated alkanes) is 11. The van der Waals surface area contributed by atoms with Crippen molar-refractivity contribution in [1.29, 1.82) is 0 Å². The van der Waals surface area contributed by atoms with E-state index in [1.165, 1.54) is 89.0 Å². The van der Waals surface area contributed by atoms with Crippen molar-refractivity contribution in [2.24, 2.45) is 0 Å². The van der Waals surface area contributed by atoms with E-state index in [1.54, 1.807) is 12.4 Å². The molecule has 0 spiro atoms. The Morgan fingerprint density at radius 3 is 1.45 bits per heavy atom. The molecule has 4 N–H and O–H groups in total. The number of carboxylic acids is 3. The van der Waals surface area contributed by atoms with Crippen LogP contribution in [0.2, 0.25) is 0 Å². The van der Waals surface area contributed by atoms with Crippen LogP contribution in [0.4, 0.5) is 0 Å². The van der Waals surface area contributed by atoms with Crippen LogP contribution in [0.15, 0.2) is 37.2 Å². The summed E-state index contributed by atoms with van der Waals surface area (Å²) in [6.45, 7) is 2.25. The number of aliphatic carboxylic acids is 3. The molecule has 2 aromatic heterocycles. The number of imidazole rings is 2. The fourth-order valence-corrected chi connectivity index (χ4v) is 3.33. The van der Waals surface area contributed by atoms with Gasteiger partial charge in [0.05, 0.1) is 36.0 Å². The van der Waals surface area contributed by atoms with Crippen molar-refractivity contribution < 1.29 is 34.8 Å². The summed E-state index contributed by atoms with van der Waals surface area (Å²) in [7, 11) is 0. The number of hydrogen-bond donors (Lipinski definition) is 4. The number of hydrogen-bond acceptors (Lipinski definition) is 8. The molecule has 2 rings (SSSR count). The number of nitrogens with zero attached hydrogens (tertiary/aromatic N) is 2. The molecule has 1 atom stereocenters. The van der Waals surface area contributed by atoms with E-state index in [0.29, 0.717) is 17.8 Å². The molecule has 0 saturated heterocycles. The van der Waals surface area contributed by atoms with E-state index in [4.69, 9.17) is 10.2 Å². The van der Waals surface area contributed by atoms with Gasteiger partial charge in [-0.25, -0.2) is 14.8 Å². The Kier molecular flexibility index (Phi) is 26.6. The third-order valence-electron chi connectivity index (χ3n) is 5.44. The second-order valence-electron chi connectivity index (χ2n) is 8.82. The van der Waals surface area contributed by atoms with Crippen molar-refractivity contribution >= 4 is 47.1 Å². The van der Waals surface area contributed by atoms with Crippen molar-refractivity contribution in [2.75, 3.05) is 0 Å². The monoisotopic (exact) mass is 626 g/mol. The van der Waals surface area contributed by atoms with Crippen molar-refractivity contribution in [2.45, 2.75) is 96.5 Å². The maximum absolute atomic E-state index is 10.4. The first-order valence-corrected chi connectivity index (χ1v) is 13.4. The second-order valence-corrected chi connectivity index (χ2v) is 8.82. The molecule has 40 heavy (non-hydrogen) atoms. The second kappa shape index (κ2) is 27.4. The van der Waals surface area contributed by atoms with E-state index in [2.05, 4.69) is 26.9 Å². The first kappa shape index (κ1) is 38.9. The van der Waals surface area contributed by atoms with Crippen LogP contribution in [0, 0.1) is 0 Å². The van der Waals surface area contributed by atoms with Crippen LogP contribution in [0.5, 0.6) is 0 Å². The van der Waals surface area contributed by atoms with E-state index >= 15 is 0 Å². The molecule has 0 bridgehead atoms. The number of aromatic nitrogens is 4. The Morgan fingerprint density at radius 1 is 0.775 bits per heavy atom. The van der Waals surface area contributed by atoms with Crippen LogP contribution in [0.25, 0.3) is 12.2 Å². The zero-order valence-corrected chi connectivity index (χ0v) is 24.8. The van der Waals surface area contributed by atoms with E-state index in [0.717, 1.165) is 25.0 Å². The summed E-state index contributed by atoms with van der Waals surface area (Å²) in [5.41, 5.74) is 1.15. The van der Waals surface area contributed by atoms with Gasteiger partial charge in [0.1, 0.15) is 0 Å². The third kappa shape index (κ3) is 26.4. The van der Waals surface area contributed by atoms with Gasteiger partial charge in [0.25, 0.3) is 0 Å². The van der Waals surface area contributed by atoms with Crippen molar-refractivity contribution in [3.63, 3.8) is 0 Å². The molecule has 0 aliphatic carbocycles. The van der Waals surface area contributed by atoms with Gasteiger partial charge in [-0.15, -0.1) is 0 Å². The van der Waals surface area contributed by atoms with E-state index < -0.39 is 24.0 Å². The number of aromatic amines is 2. The first-order valence-electron chi connectivity index (χ1n) is 13.4. The fourth-order valence-electron chi connectivity index (χ4n) is 3.33. The largest absolute Gasteiger partial charge is 2.00 e. The van der Waals surface area contributed by atoms with Crippen molar-refractivity contribution in [1.82, 2.24) is 19.9 Å². The predicted molar refractivity (Wildman–Crippen MR) is 150 cm³/mol. The summed E-state index contributed by atoms with van der Waals surface area (Å²) in [6, 6.07) is 0. The summed E-state index contributed by atoms with van der Waals surface area (Å²) in [5.74, 6) is -3.53. The molecule has 0 saturated carbocycles. The molecule has 0 aromatic carbocycles. The van der Waals surface area contributed by atoms with Gasteiger partial charge in [-0.1, -0.05) is 84.0 Å². The van der Waals surface area contributed by atoms with Crippen molar-refractivity contribution in [3.05, 3.63) is 48.6 Å². The Hall–Kier alpha value is -3.21. The third-order valence-corrected chi connectivity index (χ3v) is 5.44. The molecule has 2 heterocycles. The van der Waals surface area contributed by atoms with E-state index in [9.17, 15) is 24.6 Å². The molecule has 1 unspecified atom stereocenters. The van der Waals surface area contributed by atoms with Gasteiger partial charge in [0.15, 0.2) is 6.10 Å². The zero-order chi connectivity index (χ0) is 29.1. The fraction of sp³-hybridized carbons (Fsp3) is 0.536. The molecule has 0 aliphatic heterocycles. The Bertz CT molecular complexity index is 878. The Labute approximate surface area is 246 Å². The number of nitrogens with one attached hydrogen (secondary N) is 2. The molecule has 0 fully saturated rings. The SMILES string of the molecule is CCCCCCCCCCCCCCC(O)C(=O)O.O=C([O-])C=Cc1c[nH]cn1.O=C([O-])C=Cc1c[nH]cn1.[Se+2]. The standard InChI is InChI=1S/C16H32O3.2C6H6N2O2.Se/c1-2-3-4-5-6-7-8-9-10-11-12-13-14-15(17)16(18)19;2*9-6(10)2-1-5-3-7-4-8-5;/h15,17H,2-14H2,1H3,(H,18,19);2*1-4H,(H,7,8)(H,9,10);/q;;;+2/p-2. The summed E-state index contributed by atoms with van der Waals surface area (Å²) in [6.07, 6.45) is 25.0. The molecule has 11 nitrogen and oxygen atoms in total. The molecule has 2 aromatic rings. The van der Waals surface area contributed by atoms with Gasteiger partial charge < -0.3 is 40.0 Å². The molecular weight excluding hydrogens is 583 g/mol. The molecule has 0 aliphatic rings. The van der Waals surface area contributed by atoms with Gasteiger partial charge in [-0.2, -0.15) is 0 Å². The number of carbonyl (C=O) groups is 3. The number of H-pyrrole nitrogens is 2. The first-order chi connectivity index (χ1) is 18.8. The average Bonchev–Trinajstić information content (AvgIpc) is 3.62. The quantitative estimate of drug-likeness (QED) is 0.109. The van der Waals surface area contributed by atoms with Crippen LogP contribution in [-0.2, 0) is 14.4 Å². The normalized spacial score (nSPS) is 11.2. The van der Waals surface area contributed by atoms with Crippen molar-refractivity contribution in [3.8, 4) is 0 Å². The molecule has 12 heteroatoms. The Balaban J connectivity index is 0. The van der Waals surface area contributed by atoms with Gasteiger partial charge >= 0.3 is 23.0 Å². The minimum Gasteiger partial charge on any atom is -0.545 e. The van der Waals surface area contributed by atoms with Gasteiger partial charge in [-0.05, 0) is 30.7 Å². The van der Waals surface area contributed by atoms with Crippen LogP contribution in [-0.4, -0.2) is 71.2 Å². The van der Waals surface area contributed by atoms with Crippen LogP contribution >= 0.6 is 0 Å². The molecule has 222 valence electrons. The maximum Gasteiger partial charge on any atom is 2.00 e. The average molecular weight is 626 g/mol. The summed E-state index contributed by atoms with van der Waals surface area (Å²) in [4.78, 5) is 43.0. The minimum absolute atomic E-state index is 0. The van der Waals surface area contributed by atoms with Crippen LogP contribution in [0.3, 0.4) is 0 Å². The van der Waals surface area contributed by atoms with Gasteiger partial charge in [0, 0.05) is 12.4 Å². The molecular formula is C28H42N4O7Se. The zero-order valence-electron chi connectivity index (χ0n) is 23.1. The number of rotatable bonds is 18. The minimum atomic E-state index is -1.22. The maximum atomic E-state index is 10.4. The van der Waals surface area contributed by atoms with Crippen LogP contribution < -0.4 is 10.2 Å². The number of aliphatic hydroxyl groups is 1. The van der Waals surface area contributed by atoms with E-state index in [-0.39, 0.29) is 17.1 Å². The predicted octanol–water partition coefficient (Wildman–Crippen LogP) is 2.49. The van der Waals surface area contributed by atoms with Crippen LogP contribution in [0.1, 0.15) is 102 Å². The molecule has 4 radical (unpaired) electrons.